The van der Waals surface area contributed by atoms with Gasteiger partial charge in [-0.15, -0.1) is 18.9 Å². The molecule has 0 radical (unpaired) electrons. The molecule has 1 aliphatic heterocycles. The summed E-state index contributed by atoms with van der Waals surface area (Å²) < 4.78 is 0. The summed E-state index contributed by atoms with van der Waals surface area (Å²) in [7, 11) is 0. The largest absolute Gasteiger partial charge is 0.361 e. The van der Waals surface area contributed by atoms with Crippen LogP contribution in [0.2, 0.25) is 18.9 Å². The van der Waals surface area contributed by atoms with Gasteiger partial charge in [-0.2, -0.15) is 6.92 Å². The van der Waals surface area contributed by atoms with Gasteiger partial charge >= 0.3 is 0 Å². The first-order valence-corrected chi connectivity index (χ1v) is 3.81. The highest BCUT2D eigenvalue weighted by atomic mass is 14.2. The zero-order chi connectivity index (χ0) is 7.23. The molecule has 1 saturated heterocycles. The molecule has 0 aliphatic carbocycles. The van der Waals surface area contributed by atoms with Gasteiger partial charge in [-0.3, -0.25) is 0 Å². The van der Waals surface area contributed by atoms with Crippen LogP contribution in [0.1, 0.15) is 20.8 Å². The minimum atomic E-state index is 0.573. The second kappa shape index (κ2) is 1.81. The van der Waals surface area contributed by atoms with Gasteiger partial charge in [0, 0.05) is 0 Å². The number of hydrogen-bond donors (Lipinski definition) is 0. The summed E-state index contributed by atoms with van der Waals surface area (Å²) in [5.74, 6) is 0. The van der Waals surface area contributed by atoms with Crippen molar-refractivity contribution < 1.29 is 0 Å². The molecule has 0 bridgehead atoms. The van der Waals surface area contributed by atoms with Crippen LogP contribution in [0, 0.1) is 5.72 Å². The lowest BCUT2D eigenvalue weighted by Gasteiger charge is -2.65. The van der Waals surface area contributed by atoms with Gasteiger partial charge in [0.2, 0.25) is 0 Å². The zero-order valence-electron chi connectivity index (χ0n) is 7.15. The fraction of sp³-hybridized carbons (Fsp3) is 0.857. The van der Waals surface area contributed by atoms with Gasteiger partial charge in [-0.05, 0) is 13.4 Å². The predicted octanol–water partition coefficient (Wildman–Crippen LogP) is 2.24. The van der Waals surface area contributed by atoms with Gasteiger partial charge in [0.25, 0.3) is 0 Å². The molecule has 0 nitrogen and oxygen atoms in total. The fourth-order valence-electron chi connectivity index (χ4n) is 1.83. The van der Waals surface area contributed by atoms with Crippen molar-refractivity contribution >= 4 is 13.4 Å². The summed E-state index contributed by atoms with van der Waals surface area (Å²) in [6, 6.07) is 0. The van der Waals surface area contributed by atoms with Gasteiger partial charge in [-0.25, -0.2) is 0 Å². The molecule has 0 aromatic heterocycles. The standard InChI is InChI=1S/C7H15B2/c1-6-8(4)7(2,3)9(6)5/h1-5H3/q-1. The van der Waals surface area contributed by atoms with Crippen molar-refractivity contribution in [2.45, 2.75) is 39.6 Å². The summed E-state index contributed by atoms with van der Waals surface area (Å²) in [4.78, 5) is 0. The van der Waals surface area contributed by atoms with Crippen LogP contribution >= 0.6 is 0 Å². The normalized spacial score (nSPS) is 26.3. The van der Waals surface area contributed by atoms with Gasteiger partial charge in [0.15, 0.2) is 0 Å². The number of rotatable bonds is 0. The predicted molar refractivity (Wildman–Crippen MR) is 46.2 cm³/mol. The summed E-state index contributed by atoms with van der Waals surface area (Å²) in [6.45, 7) is 13.3. The summed E-state index contributed by atoms with van der Waals surface area (Å²) in [5.41, 5.74) is 1.68. The quantitative estimate of drug-likeness (QED) is 0.340. The Balaban J connectivity index is 2.62. The molecule has 1 aliphatic rings. The maximum absolute atomic E-state index is 2.36. The monoisotopic (exact) mass is 121 g/mol. The zero-order valence-corrected chi connectivity index (χ0v) is 7.15. The molecule has 0 N–H and O–H groups in total. The van der Waals surface area contributed by atoms with Crippen molar-refractivity contribution in [2.75, 3.05) is 0 Å². The Morgan fingerprint density at radius 3 is 1.56 bits per heavy atom. The van der Waals surface area contributed by atoms with E-state index in [1.54, 1.807) is 5.72 Å². The van der Waals surface area contributed by atoms with Crippen LogP contribution in [0.15, 0.2) is 0 Å². The lowest BCUT2D eigenvalue weighted by molar-refractivity contribution is 0.859. The van der Waals surface area contributed by atoms with E-state index in [2.05, 4.69) is 34.4 Å². The highest BCUT2D eigenvalue weighted by Crippen LogP contribution is 2.49. The molecular formula is C7H15B2-. The Bertz CT molecular complexity index is 108. The molecule has 0 unspecified atom stereocenters. The van der Waals surface area contributed by atoms with Crippen molar-refractivity contribution in [3.8, 4) is 0 Å². The van der Waals surface area contributed by atoms with Crippen LogP contribution in [0.4, 0.5) is 0 Å². The first kappa shape index (κ1) is 7.24. The van der Waals surface area contributed by atoms with E-state index in [-0.39, 0.29) is 0 Å². The van der Waals surface area contributed by atoms with Gasteiger partial charge in [0.1, 0.15) is 0 Å². The Morgan fingerprint density at radius 1 is 1.11 bits per heavy atom. The molecule has 0 saturated carbocycles. The van der Waals surface area contributed by atoms with Crippen molar-refractivity contribution in [3.05, 3.63) is 5.72 Å². The Morgan fingerprint density at radius 2 is 1.44 bits per heavy atom. The molecule has 50 valence electrons. The highest BCUT2D eigenvalue weighted by molar-refractivity contribution is 7.05. The van der Waals surface area contributed by atoms with Crippen LogP contribution < -0.4 is 0 Å². The first-order valence-electron chi connectivity index (χ1n) is 3.81. The van der Waals surface area contributed by atoms with Crippen LogP contribution in [0.25, 0.3) is 0 Å². The Kier molecular flexibility index (Phi) is 1.45. The van der Waals surface area contributed by atoms with Gasteiger partial charge in [-0.1, -0.05) is 13.8 Å². The van der Waals surface area contributed by atoms with E-state index >= 15 is 0 Å². The number of hydrogen-bond acceptors (Lipinski definition) is 0. The summed E-state index contributed by atoms with van der Waals surface area (Å²) >= 11 is 0. The Labute approximate surface area is 59.6 Å². The summed E-state index contributed by atoms with van der Waals surface area (Å²) in [6.07, 6.45) is 0. The van der Waals surface area contributed by atoms with Crippen molar-refractivity contribution in [2.24, 2.45) is 0 Å². The van der Waals surface area contributed by atoms with E-state index in [1.165, 1.54) is 0 Å². The van der Waals surface area contributed by atoms with Crippen LogP contribution in [-0.2, 0) is 0 Å². The second-order valence-electron chi connectivity index (χ2n) is 4.01. The van der Waals surface area contributed by atoms with E-state index in [0.29, 0.717) is 5.21 Å². The minimum Gasteiger partial charge on any atom is -0.361 e. The van der Waals surface area contributed by atoms with Crippen molar-refractivity contribution in [1.29, 1.82) is 0 Å². The molecule has 9 heavy (non-hydrogen) atoms. The molecule has 2 heteroatoms. The molecule has 1 heterocycles. The lowest BCUT2D eigenvalue weighted by Crippen LogP contribution is -2.58. The molecular weight excluding hydrogens is 106 g/mol. The summed E-state index contributed by atoms with van der Waals surface area (Å²) in [5, 5.41) is 0.573. The van der Waals surface area contributed by atoms with E-state index < -0.39 is 0 Å². The van der Waals surface area contributed by atoms with Crippen molar-refractivity contribution in [1.82, 2.24) is 0 Å². The molecule has 0 spiro atoms. The third-order valence-corrected chi connectivity index (χ3v) is 3.60. The van der Waals surface area contributed by atoms with E-state index in [4.69, 9.17) is 0 Å². The maximum atomic E-state index is 2.36. The lowest BCUT2D eigenvalue weighted by atomic mass is 8.94. The smallest absolute Gasteiger partial charge is 0.0387 e. The fourth-order valence-corrected chi connectivity index (χ4v) is 1.83. The first-order chi connectivity index (χ1) is 3.98. The van der Waals surface area contributed by atoms with E-state index in [1.807, 2.05) is 0 Å². The average Bonchev–Trinajstić information content (AvgIpc) is 1.84. The Hall–Kier alpha value is 0.130. The second-order valence-corrected chi connectivity index (χ2v) is 4.01. The SMILES string of the molecule is CB1[C-](C)B(C)C1(C)C. The van der Waals surface area contributed by atoms with Gasteiger partial charge < -0.3 is 5.72 Å². The van der Waals surface area contributed by atoms with Crippen LogP contribution in [0.5, 0.6) is 0 Å². The third-order valence-electron chi connectivity index (χ3n) is 3.60. The molecule has 0 amide bonds. The minimum absolute atomic E-state index is 0.573. The maximum Gasteiger partial charge on any atom is -0.0387 e. The molecule has 1 fully saturated rings. The average molecular weight is 121 g/mol. The highest BCUT2D eigenvalue weighted by Gasteiger charge is 2.39. The van der Waals surface area contributed by atoms with Crippen LogP contribution in [-0.4, -0.2) is 13.4 Å². The molecule has 1 rings (SSSR count). The van der Waals surface area contributed by atoms with Crippen LogP contribution in [0.3, 0.4) is 0 Å². The van der Waals surface area contributed by atoms with E-state index in [0.717, 1.165) is 13.4 Å². The molecule has 0 aromatic rings. The molecule has 0 aromatic carbocycles. The van der Waals surface area contributed by atoms with Gasteiger partial charge in [0.05, 0.1) is 0 Å². The molecule has 0 atom stereocenters. The van der Waals surface area contributed by atoms with E-state index in [9.17, 15) is 0 Å². The topological polar surface area (TPSA) is 0 Å². The third kappa shape index (κ3) is 0.754. The van der Waals surface area contributed by atoms with Crippen molar-refractivity contribution in [3.63, 3.8) is 0 Å².